The number of anilines is 1. The number of hydrogen-bond donors (Lipinski definition) is 3. The highest BCUT2D eigenvalue weighted by atomic mass is 16.1. The lowest BCUT2D eigenvalue weighted by Crippen LogP contribution is -2.52. The van der Waals surface area contributed by atoms with Crippen molar-refractivity contribution in [2.24, 2.45) is 17.8 Å². The molecule has 2 aliphatic heterocycles. The van der Waals surface area contributed by atoms with E-state index in [4.69, 9.17) is 0 Å². The van der Waals surface area contributed by atoms with Crippen LogP contribution in [0.25, 0.3) is 11.3 Å². The first-order valence-electron chi connectivity index (χ1n) is 11.1. The topological polar surface area (TPSA) is 91.8 Å². The molecule has 5 unspecified atom stereocenters. The van der Waals surface area contributed by atoms with Crippen molar-refractivity contribution in [3.8, 4) is 11.3 Å². The van der Waals surface area contributed by atoms with Crippen LogP contribution in [0.1, 0.15) is 39.5 Å². The molecular formula is C23H32N6O. The van der Waals surface area contributed by atoms with Gasteiger partial charge in [0.2, 0.25) is 5.91 Å². The highest BCUT2D eigenvalue weighted by Crippen LogP contribution is 2.32. The average molecular weight is 409 g/mol. The van der Waals surface area contributed by atoms with E-state index in [9.17, 15) is 4.79 Å². The van der Waals surface area contributed by atoms with Crippen molar-refractivity contribution in [1.29, 1.82) is 0 Å². The maximum absolute atomic E-state index is 12.6. The molecule has 0 aromatic carbocycles. The summed E-state index contributed by atoms with van der Waals surface area (Å²) in [6, 6.07) is 4.90. The molecule has 160 valence electrons. The quantitative estimate of drug-likeness (QED) is 0.705. The van der Waals surface area contributed by atoms with Gasteiger partial charge in [0.25, 0.3) is 0 Å². The average Bonchev–Trinajstić information content (AvgIpc) is 2.75. The second-order valence-electron chi connectivity index (χ2n) is 8.93. The minimum atomic E-state index is 0.0303. The van der Waals surface area contributed by atoms with Gasteiger partial charge in [0.1, 0.15) is 5.82 Å². The third-order valence-corrected chi connectivity index (χ3v) is 6.50. The van der Waals surface area contributed by atoms with Crippen LogP contribution in [-0.2, 0) is 4.79 Å². The Morgan fingerprint density at radius 1 is 1.13 bits per heavy atom. The van der Waals surface area contributed by atoms with E-state index in [2.05, 4.69) is 44.7 Å². The number of carbonyl (C=O) groups is 1. The van der Waals surface area contributed by atoms with Gasteiger partial charge in [0, 0.05) is 42.7 Å². The van der Waals surface area contributed by atoms with Crippen molar-refractivity contribution in [3.63, 3.8) is 0 Å². The fourth-order valence-electron chi connectivity index (χ4n) is 5.07. The largest absolute Gasteiger partial charge is 0.314 e. The predicted octanol–water partition coefficient (Wildman–Crippen LogP) is 2.87. The molecule has 2 aromatic rings. The SMILES string of the molecule is CC1CC(C2NCC(CC(=O)Nc3ccc(-c4cnccn4)cn3)CC2C)CCN1. The molecule has 4 heterocycles. The van der Waals surface area contributed by atoms with Crippen molar-refractivity contribution < 1.29 is 4.79 Å². The summed E-state index contributed by atoms with van der Waals surface area (Å²) in [5, 5.41) is 10.3. The molecule has 0 bridgehead atoms. The molecule has 0 spiro atoms. The standard InChI is InChI=1S/C23H32N6O/c1-15-9-17(12-28-23(15)18-5-6-25-16(2)10-18)11-22(30)29-21-4-3-19(13-27-21)20-14-24-7-8-26-20/h3-4,7-8,13-18,23,25,28H,5-6,9-12H2,1-2H3,(H,27,29,30). The van der Waals surface area contributed by atoms with E-state index in [-0.39, 0.29) is 5.91 Å². The molecule has 3 N–H and O–H groups in total. The highest BCUT2D eigenvalue weighted by Gasteiger charge is 2.35. The Labute approximate surface area is 178 Å². The molecule has 2 aromatic heterocycles. The Bertz CT molecular complexity index is 827. The van der Waals surface area contributed by atoms with Crippen molar-refractivity contribution in [2.75, 3.05) is 18.4 Å². The second kappa shape index (κ2) is 9.62. The fourth-order valence-corrected chi connectivity index (χ4v) is 5.07. The van der Waals surface area contributed by atoms with Gasteiger partial charge < -0.3 is 16.0 Å². The van der Waals surface area contributed by atoms with Crippen molar-refractivity contribution in [2.45, 2.75) is 51.6 Å². The molecular weight excluding hydrogens is 376 g/mol. The first kappa shape index (κ1) is 20.9. The zero-order valence-electron chi connectivity index (χ0n) is 17.8. The zero-order valence-corrected chi connectivity index (χ0v) is 17.8. The van der Waals surface area contributed by atoms with E-state index in [1.165, 1.54) is 12.8 Å². The number of rotatable bonds is 5. The monoisotopic (exact) mass is 408 g/mol. The van der Waals surface area contributed by atoms with Crippen LogP contribution in [0.5, 0.6) is 0 Å². The molecule has 7 heteroatoms. The molecule has 0 aliphatic carbocycles. The Morgan fingerprint density at radius 2 is 2.03 bits per heavy atom. The minimum absolute atomic E-state index is 0.0303. The number of pyridine rings is 1. The molecule has 5 atom stereocenters. The molecule has 0 radical (unpaired) electrons. The lowest BCUT2D eigenvalue weighted by molar-refractivity contribution is -0.117. The van der Waals surface area contributed by atoms with Gasteiger partial charge in [-0.25, -0.2) is 4.98 Å². The van der Waals surface area contributed by atoms with Crippen LogP contribution in [0.4, 0.5) is 5.82 Å². The summed E-state index contributed by atoms with van der Waals surface area (Å²) in [6.07, 6.45) is 10.8. The molecule has 7 nitrogen and oxygen atoms in total. The van der Waals surface area contributed by atoms with E-state index >= 15 is 0 Å². The summed E-state index contributed by atoms with van der Waals surface area (Å²) in [5.74, 6) is 2.31. The van der Waals surface area contributed by atoms with Crippen molar-refractivity contribution >= 4 is 11.7 Å². The lowest BCUT2D eigenvalue weighted by atomic mass is 9.75. The first-order valence-corrected chi connectivity index (χ1v) is 11.1. The van der Waals surface area contributed by atoms with E-state index in [1.54, 1.807) is 24.8 Å². The van der Waals surface area contributed by atoms with Crippen LogP contribution in [0, 0.1) is 17.8 Å². The molecule has 2 saturated heterocycles. The van der Waals surface area contributed by atoms with E-state index < -0.39 is 0 Å². The molecule has 4 rings (SSSR count). The first-order chi connectivity index (χ1) is 14.6. The summed E-state index contributed by atoms with van der Waals surface area (Å²) in [7, 11) is 0. The normalized spacial score (nSPS) is 29.3. The summed E-state index contributed by atoms with van der Waals surface area (Å²) in [4.78, 5) is 25.3. The van der Waals surface area contributed by atoms with Gasteiger partial charge in [-0.3, -0.25) is 14.8 Å². The van der Waals surface area contributed by atoms with Crippen LogP contribution < -0.4 is 16.0 Å². The summed E-state index contributed by atoms with van der Waals surface area (Å²) < 4.78 is 0. The minimum Gasteiger partial charge on any atom is -0.314 e. The second-order valence-corrected chi connectivity index (χ2v) is 8.93. The Kier molecular flexibility index (Phi) is 6.69. The Morgan fingerprint density at radius 3 is 2.73 bits per heavy atom. The van der Waals surface area contributed by atoms with Crippen LogP contribution >= 0.6 is 0 Å². The van der Waals surface area contributed by atoms with Crippen LogP contribution in [-0.4, -0.2) is 46.0 Å². The van der Waals surface area contributed by atoms with Gasteiger partial charge in [-0.1, -0.05) is 6.92 Å². The van der Waals surface area contributed by atoms with Gasteiger partial charge in [-0.05, 0) is 69.2 Å². The number of hydrogen-bond acceptors (Lipinski definition) is 6. The van der Waals surface area contributed by atoms with Crippen LogP contribution in [0.15, 0.2) is 36.9 Å². The molecule has 2 fully saturated rings. The summed E-state index contributed by atoms with van der Waals surface area (Å²) >= 11 is 0. The van der Waals surface area contributed by atoms with Crippen molar-refractivity contribution in [1.82, 2.24) is 25.6 Å². The molecule has 30 heavy (non-hydrogen) atoms. The Hall–Kier alpha value is -2.38. The third kappa shape index (κ3) is 5.21. The van der Waals surface area contributed by atoms with E-state index in [0.29, 0.717) is 36.2 Å². The van der Waals surface area contributed by atoms with Crippen molar-refractivity contribution in [3.05, 3.63) is 36.9 Å². The van der Waals surface area contributed by atoms with Gasteiger partial charge in [-0.15, -0.1) is 0 Å². The van der Waals surface area contributed by atoms with E-state index in [1.807, 2.05) is 12.1 Å². The smallest absolute Gasteiger partial charge is 0.225 e. The van der Waals surface area contributed by atoms with Crippen LogP contribution in [0.2, 0.25) is 0 Å². The lowest BCUT2D eigenvalue weighted by Gasteiger charge is -2.42. The molecule has 2 aliphatic rings. The third-order valence-electron chi connectivity index (χ3n) is 6.50. The summed E-state index contributed by atoms with van der Waals surface area (Å²) in [6.45, 7) is 6.65. The van der Waals surface area contributed by atoms with E-state index in [0.717, 1.165) is 36.7 Å². The number of nitrogens with one attached hydrogen (secondary N) is 3. The zero-order chi connectivity index (χ0) is 20.9. The van der Waals surface area contributed by atoms with Crippen LogP contribution in [0.3, 0.4) is 0 Å². The van der Waals surface area contributed by atoms with Gasteiger partial charge in [0.15, 0.2) is 0 Å². The van der Waals surface area contributed by atoms with Gasteiger partial charge >= 0.3 is 0 Å². The maximum Gasteiger partial charge on any atom is 0.225 e. The highest BCUT2D eigenvalue weighted by molar-refractivity contribution is 5.90. The number of aromatic nitrogens is 3. The molecule has 0 saturated carbocycles. The maximum atomic E-state index is 12.6. The fraction of sp³-hybridized carbons (Fsp3) is 0.565. The summed E-state index contributed by atoms with van der Waals surface area (Å²) in [5.41, 5.74) is 1.65. The Balaban J connectivity index is 1.26. The number of nitrogens with zero attached hydrogens (tertiary/aromatic N) is 3. The number of carbonyl (C=O) groups excluding carboxylic acids is 1. The van der Waals surface area contributed by atoms with Gasteiger partial charge in [-0.2, -0.15) is 0 Å². The number of piperidine rings is 2. The number of amides is 1. The molecule has 1 amide bonds. The predicted molar refractivity (Wildman–Crippen MR) is 118 cm³/mol. The van der Waals surface area contributed by atoms with Gasteiger partial charge in [0.05, 0.1) is 11.9 Å².